The minimum absolute atomic E-state index is 0.0776. The van der Waals surface area contributed by atoms with Gasteiger partial charge in [0.15, 0.2) is 6.10 Å². The van der Waals surface area contributed by atoms with Crippen molar-refractivity contribution in [2.75, 3.05) is 13.2 Å². The predicted molar refractivity (Wildman–Crippen MR) is 353 cm³/mol. The molecule has 81 heavy (non-hydrogen) atoms. The first-order valence-electron chi connectivity index (χ1n) is 35.4. The number of carbonyl (C=O) groups is 3. The van der Waals surface area contributed by atoms with Gasteiger partial charge in [0.1, 0.15) is 13.2 Å². The Morgan fingerprint density at radius 2 is 0.481 bits per heavy atom. The lowest BCUT2D eigenvalue weighted by Crippen LogP contribution is -2.30. The van der Waals surface area contributed by atoms with Crippen molar-refractivity contribution in [1.82, 2.24) is 0 Å². The average molecular weight is 1130 g/mol. The molecular formula is C75H134O6. The van der Waals surface area contributed by atoms with E-state index in [-0.39, 0.29) is 31.1 Å². The zero-order chi connectivity index (χ0) is 58.5. The Morgan fingerprint density at radius 3 is 0.765 bits per heavy atom. The van der Waals surface area contributed by atoms with Gasteiger partial charge < -0.3 is 14.2 Å². The molecule has 0 aromatic rings. The number of carbonyl (C=O) groups excluding carboxylic acids is 3. The van der Waals surface area contributed by atoms with Gasteiger partial charge >= 0.3 is 17.9 Å². The number of rotatable bonds is 65. The highest BCUT2D eigenvalue weighted by Crippen LogP contribution is 2.18. The van der Waals surface area contributed by atoms with Crippen LogP contribution in [0, 0.1) is 0 Å². The third-order valence-electron chi connectivity index (χ3n) is 15.7. The lowest BCUT2D eigenvalue weighted by Gasteiger charge is -2.18. The molecule has 1 unspecified atom stereocenters. The Kier molecular flexibility index (Phi) is 66.6. The molecule has 1 atom stereocenters. The minimum atomic E-state index is -0.783. The molecule has 0 bridgehead atoms. The topological polar surface area (TPSA) is 78.9 Å². The van der Waals surface area contributed by atoms with E-state index >= 15 is 0 Å². The van der Waals surface area contributed by atoms with Crippen LogP contribution in [0.2, 0.25) is 0 Å². The van der Waals surface area contributed by atoms with Crippen LogP contribution in [0.25, 0.3) is 0 Å². The van der Waals surface area contributed by atoms with Crippen LogP contribution in [0.5, 0.6) is 0 Å². The number of hydrogen-bond donors (Lipinski definition) is 0. The lowest BCUT2D eigenvalue weighted by molar-refractivity contribution is -0.167. The van der Waals surface area contributed by atoms with E-state index in [0.29, 0.717) is 19.3 Å². The largest absolute Gasteiger partial charge is 0.462 e. The molecule has 0 spiro atoms. The van der Waals surface area contributed by atoms with Crippen molar-refractivity contribution in [2.45, 2.75) is 374 Å². The van der Waals surface area contributed by atoms with Crippen molar-refractivity contribution in [1.29, 1.82) is 0 Å². The first kappa shape index (κ1) is 77.9. The summed E-state index contributed by atoms with van der Waals surface area (Å²) in [4.78, 5) is 38.5. The van der Waals surface area contributed by atoms with Crippen LogP contribution in [0.4, 0.5) is 0 Å². The van der Waals surface area contributed by atoms with Gasteiger partial charge in [-0.25, -0.2) is 0 Å². The third-order valence-corrected chi connectivity index (χ3v) is 15.7. The van der Waals surface area contributed by atoms with Crippen LogP contribution < -0.4 is 0 Å². The van der Waals surface area contributed by atoms with Gasteiger partial charge in [0.05, 0.1) is 0 Å². The molecule has 0 amide bonds. The highest BCUT2D eigenvalue weighted by atomic mass is 16.6. The molecule has 0 aliphatic rings. The van der Waals surface area contributed by atoms with E-state index in [2.05, 4.69) is 93.7 Å². The summed E-state index contributed by atoms with van der Waals surface area (Å²) in [6.45, 7) is 6.58. The summed E-state index contributed by atoms with van der Waals surface area (Å²) >= 11 is 0. The maximum Gasteiger partial charge on any atom is 0.306 e. The van der Waals surface area contributed by atoms with E-state index in [9.17, 15) is 14.4 Å². The fourth-order valence-electron chi connectivity index (χ4n) is 10.4. The fourth-order valence-corrected chi connectivity index (χ4v) is 10.4. The zero-order valence-electron chi connectivity index (χ0n) is 54.1. The van der Waals surface area contributed by atoms with Crippen molar-refractivity contribution in [2.24, 2.45) is 0 Å². The molecule has 0 N–H and O–H groups in total. The molecule has 0 saturated carbocycles. The first-order valence-corrected chi connectivity index (χ1v) is 35.4. The van der Waals surface area contributed by atoms with Gasteiger partial charge in [-0.1, -0.05) is 331 Å². The Balaban J connectivity index is 4.36. The molecule has 0 radical (unpaired) electrons. The Morgan fingerprint density at radius 1 is 0.259 bits per heavy atom. The molecule has 0 heterocycles. The van der Waals surface area contributed by atoms with Crippen molar-refractivity contribution < 1.29 is 28.6 Å². The third kappa shape index (κ3) is 67.5. The second-order valence-electron chi connectivity index (χ2n) is 23.8. The molecule has 470 valence electrons. The van der Waals surface area contributed by atoms with Gasteiger partial charge in [-0.05, 0) is 89.9 Å². The van der Waals surface area contributed by atoms with E-state index in [1.54, 1.807) is 0 Å². The standard InChI is InChI=1S/C75H134O6/c1-4-7-10-13-16-19-22-25-28-31-34-36-38-40-41-44-47-50-53-56-59-62-65-68-74(77)80-71-72(70-79-73(76)67-64-61-58-55-52-49-46-43-33-30-27-24-21-18-15-12-9-6-3)81-75(78)69-66-63-60-57-54-51-48-45-42-39-37-35-32-29-26-23-20-17-14-11-8-5-2/h7,10,16,19,25,28,30,33-34,36,40-41,72H,4-6,8-9,11-15,17-18,20-24,26-27,29,31-32,35,37-39,42-71H2,1-3H3/b10-7-,19-16-,28-25-,33-30-,36-34-,41-40-. The van der Waals surface area contributed by atoms with Crippen molar-refractivity contribution >= 4 is 17.9 Å². The fraction of sp³-hybridized carbons (Fsp3) is 0.800. The zero-order valence-corrected chi connectivity index (χ0v) is 54.1. The van der Waals surface area contributed by atoms with Crippen LogP contribution >= 0.6 is 0 Å². The summed E-state index contributed by atoms with van der Waals surface area (Å²) in [5.74, 6) is -0.869. The summed E-state index contributed by atoms with van der Waals surface area (Å²) in [5.41, 5.74) is 0. The second kappa shape index (κ2) is 69.3. The summed E-state index contributed by atoms with van der Waals surface area (Å²) < 4.78 is 17.0. The van der Waals surface area contributed by atoms with Crippen LogP contribution in [0.3, 0.4) is 0 Å². The molecule has 0 aliphatic carbocycles. The van der Waals surface area contributed by atoms with Crippen LogP contribution in [0.1, 0.15) is 367 Å². The van der Waals surface area contributed by atoms with Crippen LogP contribution in [0.15, 0.2) is 72.9 Å². The Hall–Kier alpha value is -3.15. The average Bonchev–Trinajstić information content (AvgIpc) is 3.47. The lowest BCUT2D eigenvalue weighted by atomic mass is 10.0. The van der Waals surface area contributed by atoms with Crippen molar-refractivity contribution in [3.63, 3.8) is 0 Å². The maximum absolute atomic E-state index is 13.0. The van der Waals surface area contributed by atoms with Crippen LogP contribution in [-0.4, -0.2) is 37.2 Å². The van der Waals surface area contributed by atoms with Gasteiger partial charge in [0.25, 0.3) is 0 Å². The van der Waals surface area contributed by atoms with Crippen LogP contribution in [-0.2, 0) is 28.6 Å². The number of ether oxygens (including phenoxy) is 3. The number of esters is 3. The minimum Gasteiger partial charge on any atom is -0.462 e. The smallest absolute Gasteiger partial charge is 0.306 e. The van der Waals surface area contributed by atoms with E-state index in [4.69, 9.17) is 14.2 Å². The van der Waals surface area contributed by atoms with Gasteiger partial charge in [-0.15, -0.1) is 0 Å². The van der Waals surface area contributed by atoms with E-state index in [1.807, 2.05) is 0 Å². The summed E-state index contributed by atoms with van der Waals surface area (Å²) in [6.07, 6.45) is 90.6. The normalized spacial score (nSPS) is 12.5. The van der Waals surface area contributed by atoms with Gasteiger partial charge in [-0.2, -0.15) is 0 Å². The van der Waals surface area contributed by atoms with Gasteiger partial charge in [0.2, 0.25) is 0 Å². The number of hydrogen-bond acceptors (Lipinski definition) is 6. The molecule has 0 aromatic carbocycles. The molecule has 0 saturated heterocycles. The van der Waals surface area contributed by atoms with Crippen molar-refractivity contribution in [3.8, 4) is 0 Å². The SMILES string of the molecule is CC/C=C\C/C=C\C/C=C\C/C=C\C/C=C\CCCCCCCCCC(=O)OCC(COC(=O)CCCCCCCCC/C=C\CCCCCCCCC)OC(=O)CCCCCCCCCCCCCCCCCCCCCCCC. The Labute approximate surface area is 503 Å². The first-order chi connectivity index (χ1) is 40.0. The summed E-state index contributed by atoms with van der Waals surface area (Å²) in [6, 6.07) is 0. The second-order valence-corrected chi connectivity index (χ2v) is 23.8. The predicted octanol–water partition coefficient (Wildman–Crippen LogP) is 24.4. The quantitative estimate of drug-likeness (QED) is 0.0261. The highest BCUT2D eigenvalue weighted by molar-refractivity contribution is 5.71. The molecule has 0 aliphatic heterocycles. The van der Waals surface area contributed by atoms with E-state index in [0.717, 1.165) is 96.3 Å². The molecule has 0 aromatic heterocycles. The van der Waals surface area contributed by atoms with Gasteiger partial charge in [-0.3, -0.25) is 14.4 Å². The molecule has 6 heteroatoms. The number of unbranched alkanes of at least 4 members (excludes halogenated alkanes) is 42. The molecule has 6 nitrogen and oxygen atoms in total. The molecule has 0 rings (SSSR count). The maximum atomic E-state index is 13.0. The van der Waals surface area contributed by atoms with Crippen molar-refractivity contribution in [3.05, 3.63) is 72.9 Å². The van der Waals surface area contributed by atoms with E-state index in [1.165, 1.54) is 231 Å². The summed E-state index contributed by atoms with van der Waals surface area (Å²) in [7, 11) is 0. The summed E-state index contributed by atoms with van der Waals surface area (Å²) in [5, 5.41) is 0. The Bertz CT molecular complexity index is 1490. The highest BCUT2D eigenvalue weighted by Gasteiger charge is 2.19. The van der Waals surface area contributed by atoms with Gasteiger partial charge in [0, 0.05) is 19.3 Å². The molecule has 0 fully saturated rings. The monoisotopic (exact) mass is 1130 g/mol. The number of allylic oxidation sites excluding steroid dienone is 12. The van der Waals surface area contributed by atoms with E-state index < -0.39 is 6.10 Å². The molecular weight excluding hydrogens is 997 g/mol.